The van der Waals surface area contributed by atoms with Gasteiger partial charge in [0.15, 0.2) is 8.32 Å². The minimum atomic E-state index is -1.61. The minimum Gasteiger partial charge on any atom is -0.459 e. The van der Waals surface area contributed by atoms with Crippen molar-refractivity contribution in [3.8, 4) is 11.8 Å². The molecule has 0 amide bonds. The molecule has 0 saturated heterocycles. The molecule has 0 unspecified atom stereocenters. The van der Waals surface area contributed by atoms with Crippen LogP contribution in [0.3, 0.4) is 0 Å². The SMILES string of the molecule is CC(C)(C)[Si](C)(C)OCCC#CCCC1OC=CO1. The molecule has 108 valence electrons. The van der Waals surface area contributed by atoms with Crippen molar-refractivity contribution in [2.24, 2.45) is 0 Å². The van der Waals surface area contributed by atoms with Crippen LogP contribution in [0.2, 0.25) is 18.1 Å². The molecule has 1 aliphatic rings. The Labute approximate surface area is 118 Å². The summed E-state index contributed by atoms with van der Waals surface area (Å²) >= 11 is 0. The summed E-state index contributed by atoms with van der Waals surface area (Å²) < 4.78 is 16.4. The van der Waals surface area contributed by atoms with Gasteiger partial charge in [-0.15, -0.1) is 11.8 Å². The van der Waals surface area contributed by atoms with Crippen molar-refractivity contribution in [1.29, 1.82) is 0 Å². The molecule has 0 aliphatic carbocycles. The van der Waals surface area contributed by atoms with Gasteiger partial charge in [0.2, 0.25) is 6.29 Å². The molecule has 0 aromatic rings. The van der Waals surface area contributed by atoms with E-state index in [2.05, 4.69) is 45.7 Å². The zero-order valence-corrected chi connectivity index (χ0v) is 13.8. The third kappa shape index (κ3) is 5.71. The lowest BCUT2D eigenvalue weighted by molar-refractivity contribution is -0.0266. The molecular weight excluding hydrogens is 256 g/mol. The van der Waals surface area contributed by atoms with Crippen molar-refractivity contribution in [2.45, 2.75) is 64.5 Å². The van der Waals surface area contributed by atoms with Crippen molar-refractivity contribution in [3.63, 3.8) is 0 Å². The highest BCUT2D eigenvalue weighted by molar-refractivity contribution is 6.74. The molecule has 1 aliphatic heterocycles. The van der Waals surface area contributed by atoms with E-state index in [0.29, 0.717) is 0 Å². The predicted octanol–water partition coefficient (Wildman–Crippen LogP) is 4.03. The standard InChI is InChI=1S/C15H26O3Si/c1-15(2,3)19(4,5)18-11-9-7-6-8-10-14-16-12-13-17-14/h12-14H,8-11H2,1-5H3. The molecule has 0 fully saturated rings. The maximum absolute atomic E-state index is 6.05. The second-order valence-electron chi connectivity index (χ2n) is 6.22. The zero-order chi connectivity index (χ0) is 14.4. The maximum atomic E-state index is 6.05. The van der Waals surface area contributed by atoms with Crippen LogP contribution in [0.4, 0.5) is 0 Å². The molecule has 0 bridgehead atoms. The van der Waals surface area contributed by atoms with Gasteiger partial charge >= 0.3 is 0 Å². The van der Waals surface area contributed by atoms with Crippen LogP contribution in [0, 0.1) is 11.8 Å². The fraction of sp³-hybridized carbons (Fsp3) is 0.733. The van der Waals surface area contributed by atoms with Gasteiger partial charge < -0.3 is 13.9 Å². The number of hydrogen-bond acceptors (Lipinski definition) is 3. The van der Waals surface area contributed by atoms with Crippen LogP contribution in [0.25, 0.3) is 0 Å². The minimum absolute atomic E-state index is 0.141. The topological polar surface area (TPSA) is 27.7 Å². The van der Waals surface area contributed by atoms with Crippen LogP contribution < -0.4 is 0 Å². The molecule has 3 nitrogen and oxygen atoms in total. The molecule has 0 aromatic heterocycles. The van der Waals surface area contributed by atoms with Crippen molar-refractivity contribution < 1.29 is 13.9 Å². The molecule has 0 atom stereocenters. The Balaban J connectivity index is 2.10. The van der Waals surface area contributed by atoms with Crippen LogP contribution in [0.1, 0.15) is 40.0 Å². The predicted molar refractivity (Wildman–Crippen MR) is 79.9 cm³/mol. The van der Waals surface area contributed by atoms with Gasteiger partial charge in [0.25, 0.3) is 0 Å². The highest BCUT2D eigenvalue weighted by Gasteiger charge is 2.36. The van der Waals surface area contributed by atoms with Crippen LogP contribution in [0.5, 0.6) is 0 Å². The molecule has 0 aromatic carbocycles. The van der Waals surface area contributed by atoms with Crippen LogP contribution >= 0.6 is 0 Å². The molecular formula is C15H26O3Si. The number of rotatable bonds is 5. The first-order valence-corrected chi connectivity index (χ1v) is 9.79. The summed E-state index contributed by atoms with van der Waals surface area (Å²) in [4.78, 5) is 0. The van der Waals surface area contributed by atoms with Gasteiger partial charge in [-0.2, -0.15) is 0 Å². The van der Waals surface area contributed by atoms with Gasteiger partial charge in [-0.3, -0.25) is 0 Å². The molecule has 1 heterocycles. The largest absolute Gasteiger partial charge is 0.459 e. The van der Waals surface area contributed by atoms with Gasteiger partial charge in [0.05, 0.1) is 0 Å². The summed E-state index contributed by atoms with van der Waals surface area (Å²) in [7, 11) is -1.61. The first-order chi connectivity index (χ1) is 8.83. The molecule has 0 saturated carbocycles. The van der Waals surface area contributed by atoms with E-state index in [-0.39, 0.29) is 11.3 Å². The summed E-state index contributed by atoms with van der Waals surface area (Å²) in [6.45, 7) is 12.0. The number of hydrogen-bond donors (Lipinski definition) is 0. The zero-order valence-electron chi connectivity index (χ0n) is 12.8. The van der Waals surface area contributed by atoms with E-state index in [4.69, 9.17) is 13.9 Å². The van der Waals surface area contributed by atoms with Crippen molar-refractivity contribution in [1.82, 2.24) is 0 Å². The molecule has 0 spiro atoms. The normalized spacial score (nSPS) is 15.6. The van der Waals surface area contributed by atoms with Crippen molar-refractivity contribution in [2.75, 3.05) is 6.61 Å². The van der Waals surface area contributed by atoms with E-state index < -0.39 is 8.32 Å². The van der Waals surface area contributed by atoms with Crippen molar-refractivity contribution in [3.05, 3.63) is 12.5 Å². The van der Waals surface area contributed by atoms with Gasteiger partial charge in [-0.05, 0) is 18.1 Å². The third-order valence-corrected chi connectivity index (χ3v) is 8.18. The molecule has 0 radical (unpaired) electrons. The van der Waals surface area contributed by atoms with Gasteiger partial charge in [0.1, 0.15) is 12.5 Å². The fourth-order valence-corrected chi connectivity index (χ4v) is 2.39. The monoisotopic (exact) mass is 282 g/mol. The van der Waals surface area contributed by atoms with Gasteiger partial charge in [-0.25, -0.2) is 0 Å². The smallest absolute Gasteiger partial charge is 0.240 e. The lowest BCUT2D eigenvalue weighted by Gasteiger charge is -2.35. The van der Waals surface area contributed by atoms with E-state index in [0.717, 1.165) is 25.9 Å². The average molecular weight is 282 g/mol. The first kappa shape index (κ1) is 16.1. The maximum Gasteiger partial charge on any atom is 0.240 e. The average Bonchev–Trinajstić information content (AvgIpc) is 2.79. The Kier molecular flexibility index (Phi) is 5.96. The summed E-state index contributed by atoms with van der Waals surface area (Å²) in [5, 5.41) is 0.268. The van der Waals surface area contributed by atoms with Gasteiger partial charge in [-0.1, -0.05) is 20.8 Å². The third-order valence-electron chi connectivity index (χ3n) is 3.64. The lowest BCUT2D eigenvalue weighted by Crippen LogP contribution is -2.40. The summed E-state index contributed by atoms with van der Waals surface area (Å²) in [6.07, 6.45) is 5.42. The molecule has 4 heteroatoms. The second-order valence-corrected chi connectivity index (χ2v) is 11.0. The lowest BCUT2D eigenvalue weighted by atomic mass is 10.2. The fourth-order valence-electron chi connectivity index (χ4n) is 1.35. The van der Waals surface area contributed by atoms with Gasteiger partial charge in [0, 0.05) is 25.9 Å². The van der Waals surface area contributed by atoms with E-state index in [9.17, 15) is 0 Å². The number of ether oxygens (including phenoxy) is 2. The summed E-state index contributed by atoms with van der Waals surface area (Å²) in [5.41, 5.74) is 0. The van der Waals surface area contributed by atoms with E-state index in [1.54, 1.807) is 12.5 Å². The first-order valence-electron chi connectivity index (χ1n) is 6.88. The molecule has 1 rings (SSSR count). The summed E-state index contributed by atoms with van der Waals surface area (Å²) in [6, 6.07) is 0. The van der Waals surface area contributed by atoms with E-state index >= 15 is 0 Å². The Morgan fingerprint density at radius 1 is 1.11 bits per heavy atom. The molecule has 19 heavy (non-hydrogen) atoms. The molecule has 0 N–H and O–H groups in total. The van der Waals surface area contributed by atoms with E-state index in [1.165, 1.54) is 0 Å². The van der Waals surface area contributed by atoms with Crippen molar-refractivity contribution >= 4 is 8.32 Å². The highest BCUT2D eigenvalue weighted by Crippen LogP contribution is 2.36. The second kappa shape index (κ2) is 7.02. The Morgan fingerprint density at radius 2 is 1.68 bits per heavy atom. The van der Waals surface area contributed by atoms with Crippen LogP contribution in [-0.2, 0) is 13.9 Å². The Morgan fingerprint density at radius 3 is 2.26 bits per heavy atom. The Hall–Kier alpha value is -0.923. The van der Waals surface area contributed by atoms with E-state index in [1.807, 2.05) is 0 Å². The highest BCUT2D eigenvalue weighted by atomic mass is 28.4. The van der Waals surface area contributed by atoms with Crippen LogP contribution in [0.15, 0.2) is 12.5 Å². The Bertz CT molecular complexity index is 350. The summed E-state index contributed by atoms with van der Waals surface area (Å²) in [5.74, 6) is 6.28. The quantitative estimate of drug-likeness (QED) is 0.433. The van der Waals surface area contributed by atoms with Crippen LogP contribution in [-0.4, -0.2) is 21.2 Å².